The average molecular weight is 650 g/mol. The third-order valence-electron chi connectivity index (χ3n) is 10.2. The number of benzene rings is 8. The molecule has 0 saturated carbocycles. The van der Waals surface area contributed by atoms with Crippen LogP contribution in [-0.2, 0) is 0 Å². The molecule has 2 aromatic heterocycles. The molecule has 0 bridgehead atoms. The molecule has 10 aromatic rings. The molecule has 0 radical (unpaired) electrons. The second kappa shape index (κ2) is 10.8. The summed E-state index contributed by atoms with van der Waals surface area (Å²) in [5.74, 6) is 1.85. The van der Waals surface area contributed by atoms with Crippen molar-refractivity contribution >= 4 is 43.5 Å². The van der Waals surface area contributed by atoms with E-state index >= 15 is 0 Å². The maximum absolute atomic E-state index is 6.61. The zero-order chi connectivity index (χ0) is 33.5. The Morgan fingerprint density at radius 3 is 1.71 bits per heavy atom. The fourth-order valence-corrected chi connectivity index (χ4v) is 7.93. The van der Waals surface area contributed by atoms with Crippen LogP contribution >= 0.6 is 0 Å². The summed E-state index contributed by atoms with van der Waals surface area (Å²) in [7, 11) is 0. The monoisotopic (exact) mass is 649 g/mol. The molecule has 2 heterocycles. The van der Waals surface area contributed by atoms with Gasteiger partial charge < -0.3 is 4.42 Å². The Balaban J connectivity index is 1.16. The Morgan fingerprint density at radius 2 is 0.922 bits per heavy atom. The molecule has 8 aromatic carbocycles. The normalized spacial score (nSPS) is 11.9. The standard InChI is InChI=1S/C47H27N3O/c1-3-12-28(13-4-1)37-25-32(24-31-16-7-8-19-33(31)37)46-48-45(30-14-5-2-6-15-30)49-47(50-46)36-22-11-23-41-44(36)40-26-38-34-20-9-17-29-18-10-21-35(43(29)34)39(38)27-42(40)51-41/h1-27H. The van der Waals surface area contributed by atoms with Crippen molar-refractivity contribution in [2.45, 2.75) is 0 Å². The first-order chi connectivity index (χ1) is 25.3. The molecule has 0 amide bonds. The number of rotatable bonds is 4. The van der Waals surface area contributed by atoms with Crippen LogP contribution in [0.25, 0.3) is 111 Å². The third kappa shape index (κ3) is 4.30. The first-order valence-corrected chi connectivity index (χ1v) is 17.2. The molecule has 236 valence electrons. The molecule has 0 unspecified atom stereocenters. The van der Waals surface area contributed by atoms with Crippen LogP contribution in [0.15, 0.2) is 168 Å². The zero-order valence-corrected chi connectivity index (χ0v) is 27.3. The van der Waals surface area contributed by atoms with Crippen molar-refractivity contribution in [3.8, 4) is 67.5 Å². The summed E-state index contributed by atoms with van der Waals surface area (Å²) in [5.41, 5.74) is 11.6. The van der Waals surface area contributed by atoms with Crippen molar-refractivity contribution < 1.29 is 4.42 Å². The van der Waals surface area contributed by atoms with Crippen molar-refractivity contribution in [1.82, 2.24) is 15.0 Å². The minimum absolute atomic E-state index is 0.604. The van der Waals surface area contributed by atoms with Gasteiger partial charge in [-0.15, -0.1) is 0 Å². The average Bonchev–Trinajstić information content (AvgIpc) is 3.73. The number of hydrogen-bond donors (Lipinski definition) is 0. The molecule has 0 atom stereocenters. The van der Waals surface area contributed by atoms with Crippen molar-refractivity contribution in [3.63, 3.8) is 0 Å². The minimum Gasteiger partial charge on any atom is -0.456 e. The summed E-state index contributed by atoms with van der Waals surface area (Å²) < 4.78 is 6.61. The van der Waals surface area contributed by atoms with Crippen molar-refractivity contribution in [2.24, 2.45) is 0 Å². The molecule has 4 nitrogen and oxygen atoms in total. The fraction of sp³-hybridized carbons (Fsp3) is 0. The summed E-state index contributed by atoms with van der Waals surface area (Å²) in [6.07, 6.45) is 0. The van der Waals surface area contributed by atoms with Gasteiger partial charge in [0.05, 0.1) is 0 Å². The molecular formula is C47H27N3O. The van der Waals surface area contributed by atoms with Gasteiger partial charge in [-0.3, -0.25) is 0 Å². The number of hydrogen-bond acceptors (Lipinski definition) is 4. The highest BCUT2D eigenvalue weighted by molar-refractivity contribution is 6.20. The molecule has 0 aliphatic heterocycles. The van der Waals surface area contributed by atoms with Crippen LogP contribution in [0.1, 0.15) is 0 Å². The van der Waals surface area contributed by atoms with Crippen LogP contribution in [0, 0.1) is 0 Å². The van der Waals surface area contributed by atoms with Crippen LogP contribution < -0.4 is 0 Å². The van der Waals surface area contributed by atoms with E-state index in [9.17, 15) is 0 Å². The summed E-state index contributed by atoms with van der Waals surface area (Å²) in [6.45, 7) is 0. The Morgan fingerprint density at radius 1 is 0.314 bits per heavy atom. The van der Waals surface area contributed by atoms with Gasteiger partial charge in [-0.25, -0.2) is 15.0 Å². The molecule has 0 saturated heterocycles. The van der Waals surface area contributed by atoms with E-state index < -0.39 is 0 Å². The molecule has 1 aliphatic rings. The molecule has 0 fully saturated rings. The molecular weight excluding hydrogens is 623 g/mol. The second-order valence-electron chi connectivity index (χ2n) is 13.2. The van der Waals surface area contributed by atoms with Crippen molar-refractivity contribution in [1.29, 1.82) is 0 Å². The molecule has 0 spiro atoms. The highest BCUT2D eigenvalue weighted by Gasteiger charge is 2.25. The van der Waals surface area contributed by atoms with Crippen molar-refractivity contribution in [2.75, 3.05) is 0 Å². The lowest BCUT2D eigenvalue weighted by atomic mass is 9.95. The lowest BCUT2D eigenvalue weighted by Gasteiger charge is -2.13. The van der Waals surface area contributed by atoms with Crippen LogP contribution in [0.2, 0.25) is 0 Å². The van der Waals surface area contributed by atoms with E-state index in [1.165, 1.54) is 38.4 Å². The van der Waals surface area contributed by atoms with Gasteiger partial charge in [0.1, 0.15) is 11.2 Å². The van der Waals surface area contributed by atoms with Gasteiger partial charge in [0.2, 0.25) is 0 Å². The SMILES string of the molecule is c1ccc(-c2nc(-c3cc(-c4ccccc4)c4ccccc4c3)nc(-c3cccc4oc5cc6c(cc5c34)-c3cccc4cccc-6c34)n2)cc1. The molecule has 1 aliphatic carbocycles. The molecule has 0 N–H and O–H groups in total. The summed E-state index contributed by atoms with van der Waals surface area (Å²) in [5, 5.41) is 6.91. The van der Waals surface area contributed by atoms with E-state index in [2.05, 4.69) is 115 Å². The molecule has 4 heteroatoms. The van der Waals surface area contributed by atoms with E-state index in [0.717, 1.165) is 55.1 Å². The van der Waals surface area contributed by atoms with Gasteiger partial charge in [0, 0.05) is 27.5 Å². The summed E-state index contributed by atoms with van der Waals surface area (Å²) in [4.78, 5) is 15.5. The smallest absolute Gasteiger partial charge is 0.164 e. The topological polar surface area (TPSA) is 51.8 Å². The van der Waals surface area contributed by atoms with Gasteiger partial charge in [-0.1, -0.05) is 133 Å². The Labute approximate surface area is 293 Å². The summed E-state index contributed by atoms with van der Waals surface area (Å²) >= 11 is 0. The maximum Gasteiger partial charge on any atom is 0.164 e. The number of aromatic nitrogens is 3. The van der Waals surface area contributed by atoms with Gasteiger partial charge in [0.25, 0.3) is 0 Å². The largest absolute Gasteiger partial charge is 0.456 e. The summed E-state index contributed by atoms with van der Waals surface area (Å²) in [6, 6.07) is 57.3. The van der Waals surface area contributed by atoms with E-state index in [0.29, 0.717) is 17.5 Å². The predicted octanol–water partition coefficient (Wildman–Crippen LogP) is 12.4. The number of fused-ring (bicyclic) bond motifs is 7. The number of nitrogens with zero attached hydrogens (tertiary/aromatic N) is 3. The predicted molar refractivity (Wildman–Crippen MR) is 208 cm³/mol. The van der Waals surface area contributed by atoms with E-state index in [4.69, 9.17) is 19.4 Å². The molecule has 11 rings (SSSR count). The minimum atomic E-state index is 0.604. The van der Waals surface area contributed by atoms with Gasteiger partial charge in [-0.05, 0) is 85.3 Å². The van der Waals surface area contributed by atoms with Gasteiger partial charge in [-0.2, -0.15) is 0 Å². The van der Waals surface area contributed by atoms with Crippen LogP contribution in [0.5, 0.6) is 0 Å². The highest BCUT2D eigenvalue weighted by Crippen LogP contribution is 2.50. The Hall–Kier alpha value is -6.91. The Bertz CT molecular complexity index is 3010. The van der Waals surface area contributed by atoms with E-state index in [1.807, 2.05) is 48.5 Å². The second-order valence-corrected chi connectivity index (χ2v) is 13.2. The van der Waals surface area contributed by atoms with Crippen molar-refractivity contribution in [3.05, 3.63) is 164 Å². The van der Waals surface area contributed by atoms with Gasteiger partial charge in [0.15, 0.2) is 17.5 Å². The fourth-order valence-electron chi connectivity index (χ4n) is 7.93. The Kier molecular flexibility index (Phi) is 5.92. The maximum atomic E-state index is 6.61. The zero-order valence-electron chi connectivity index (χ0n) is 27.3. The number of furan rings is 1. The van der Waals surface area contributed by atoms with Crippen LogP contribution in [0.3, 0.4) is 0 Å². The first-order valence-electron chi connectivity index (χ1n) is 17.2. The first kappa shape index (κ1) is 28.0. The van der Waals surface area contributed by atoms with Crippen LogP contribution in [-0.4, -0.2) is 15.0 Å². The highest BCUT2D eigenvalue weighted by atomic mass is 16.3. The lowest BCUT2D eigenvalue weighted by Crippen LogP contribution is -2.00. The third-order valence-corrected chi connectivity index (χ3v) is 10.2. The van der Waals surface area contributed by atoms with Gasteiger partial charge >= 0.3 is 0 Å². The van der Waals surface area contributed by atoms with E-state index in [-0.39, 0.29) is 0 Å². The van der Waals surface area contributed by atoms with Crippen LogP contribution in [0.4, 0.5) is 0 Å². The molecule has 51 heavy (non-hydrogen) atoms. The lowest BCUT2D eigenvalue weighted by molar-refractivity contribution is 0.669. The van der Waals surface area contributed by atoms with E-state index in [1.54, 1.807) is 0 Å². The quantitative estimate of drug-likeness (QED) is 0.190.